The van der Waals surface area contributed by atoms with Crippen LogP contribution in [0.4, 0.5) is 5.82 Å². The molecule has 0 aliphatic rings. The van der Waals surface area contributed by atoms with Crippen LogP contribution in [-0.4, -0.2) is 29.6 Å². The van der Waals surface area contributed by atoms with E-state index in [4.69, 9.17) is 0 Å². The number of nitrogens with zero attached hydrogens (tertiary/aromatic N) is 3. The Kier molecular flexibility index (Phi) is 3.72. The standard InChI is InChI=1S/C13H15N3OS/c1-9-6-7-18-13(9)11-4-5-12(15-14-11)16(3)8-10(2)17/h4-7H,8H2,1-3H3. The molecule has 0 saturated carbocycles. The van der Waals surface area contributed by atoms with Crippen molar-refractivity contribution in [3.8, 4) is 10.6 Å². The molecule has 0 aliphatic heterocycles. The Morgan fingerprint density at radius 1 is 1.33 bits per heavy atom. The second kappa shape index (κ2) is 5.27. The number of carbonyl (C=O) groups is 1. The van der Waals surface area contributed by atoms with Gasteiger partial charge in [-0.25, -0.2) is 0 Å². The average molecular weight is 261 g/mol. The topological polar surface area (TPSA) is 46.1 Å². The Morgan fingerprint density at radius 3 is 2.61 bits per heavy atom. The summed E-state index contributed by atoms with van der Waals surface area (Å²) in [7, 11) is 1.83. The minimum Gasteiger partial charge on any atom is -0.351 e. The second-order valence-corrected chi connectivity index (χ2v) is 5.18. The van der Waals surface area contributed by atoms with Gasteiger partial charge in [-0.2, -0.15) is 0 Å². The number of hydrogen-bond donors (Lipinski definition) is 0. The van der Waals surface area contributed by atoms with Crippen LogP contribution in [0.3, 0.4) is 0 Å². The van der Waals surface area contributed by atoms with E-state index in [2.05, 4.69) is 23.2 Å². The van der Waals surface area contributed by atoms with Gasteiger partial charge in [-0.3, -0.25) is 4.79 Å². The van der Waals surface area contributed by atoms with E-state index in [0.29, 0.717) is 12.4 Å². The van der Waals surface area contributed by atoms with Gasteiger partial charge in [-0.05, 0) is 43.0 Å². The number of likely N-dealkylation sites (N-methyl/N-ethyl adjacent to an activating group) is 1. The molecule has 0 spiro atoms. The molecule has 5 heteroatoms. The van der Waals surface area contributed by atoms with Crippen LogP contribution in [0.1, 0.15) is 12.5 Å². The molecule has 94 valence electrons. The molecule has 0 amide bonds. The minimum atomic E-state index is 0.109. The lowest BCUT2D eigenvalue weighted by Crippen LogP contribution is -2.24. The first-order valence-corrected chi connectivity index (χ1v) is 6.54. The van der Waals surface area contributed by atoms with Gasteiger partial charge in [0.2, 0.25) is 0 Å². The maximum atomic E-state index is 11.0. The van der Waals surface area contributed by atoms with Crippen molar-refractivity contribution in [1.82, 2.24) is 10.2 Å². The molecule has 0 unspecified atom stereocenters. The number of carbonyl (C=O) groups excluding carboxylic acids is 1. The third-order valence-corrected chi connectivity index (χ3v) is 3.64. The molecule has 0 fully saturated rings. The highest BCUT2D eigenvalue weighted by atomic mass is 32.1. The summed E-state index contributed by atoms with van der Waals surface area (Å²) in [6.07, 6.45) is 0. The molecular formula is C13H15N3OS. The van der Waals surface area contributed by atoms with Crippen molar-refractivity contribution < 1.29 is 4.79 Å². The van der Waals surface area contributed by atoms with Crippen LogP contribution in [-0.2, 0) is 4.79 Å². The summed E-state index contributed by atoms with van der Waals surface area (Å²) in [6, 6.07) is 5.90. The van der Waals surface area contributed by atoms with E-state index in [1.165, 1.54) is 5.56 Å². The molecule has 2 aromatic rings. The number of ketones is 1. The highest BCUT2D eigenvalue weighted by molar-refractivity contribution is 7.13. The van der Waals surface area contributed by atoms with Crippen molar-refractivity contribution in [2.75, 3.05) is 18.5 Å². The van der Waals surface area contributed by atoms with Crippen LogP contribution in [0.25, 0.3) is 10.6 Å². The normalized spacial score (nSPS) is 10.4. The van der Waals surface area contributed by atoms with E-state index in [-0.39, 0.29) is 5.78 Å². The van der Waals surface area contributed by atoms with Gasteiger partial charge in [-0.15, -0.1) is 21.5 Å². The van der Waals surface area contributed by atoms with Crippen LogP contribution >= 0.6 is 11.3 Å². The first-order chi connectivity index (χ1) is 8.58. The molecule has 0 saturated heterocycles. The summed E-state index contributed by atoms with van der Waals surface area (Å²) in [5, 5.41) is 10.4. The molecule has 0 radical (unpaired) electrons. The quantitative estimate of drug-likeness (QED) is 0.848. The number of aryl methyl sites for hydroxylation is 1. The van der Waals surface area contributed by atoms with E-state index < -0.39 is 0 Å². The zero-order valence-electron chi connectivity index (χ0n) is 10.7. The molecule has 2 rings (SSSR count). The first kappa shape index (κ1) is 12.7. The maximum absolute atomic E-state index is 11.0. The molecule has 4 nitrogen and oxygen atoms in total. The summed E-state index contributed by atoms with van der Waals surface area (Å²) in [5.41, 5.74) is 2.08. The number of hydrogen-bond acceptors (Lipinski definition) is 5. The van der Waals surface area contributed by atoms with Gasteiger partial charge in [0.15, 0.2) is 5.82 Å². The van der Waals surface area contributed by atoms with Gasteiger partial charge in [0.1, 0.15) is 11.5 Å². The van der Waals surface area contributed by atoms with Gasteiger partial charge in [-0.1, -0.05) is 0 Å². The number of anilines is 1. The van der Waals surface area contributed by atoms with Gasteiger partial charge < -0.3 is 4.90 Å². The van der Waals surface area contributed by atoms with Gasteiger partial charge in [0, 0.05) is 7.05 Å². The smallest absolute Gasteiger partial charge is 0.151 e. The predicted octanol–water partition coefficient (Wildman–Crippen LogP) is 2.54. The molecule has 0 bridgehead atoms. The van der Waals surface area contributed by atoms with Gasteiger partial charge >= 0.3 is 0 Å². The Labute approximate surface area is 110 Å². The van der Waals surface area contributed by atoms with E-state index >= 15 is 0 Å². The number of aromatic nitrogens is 2. The molecule has 0 atom stereocenters. The van der Waals surface area contributed by atoms with E-state index in [0.717, 1.165) is 10.6 Å². The fourth-order valence-electron chi connectivity index (χ4n) is 1.70. The highest BCUT2D eigenvalue weighted by Gasteiger charge is 2.08. The predicted molar refractivity (Wildman–Crippen MR) is 74.0 cm³/mol. The van der Waals surface area contributed by atoms with Crippen molar-refractivity contribution in [2.45, 2.75) is 13.8 Å². The number of thiophene rings is 1. The van der Waals surface area contributed by atoms with E-state index in [1.807, 2.05) is 24.6 Å². The van der Waals surface area contributed by atoms with Gasteiger partial charge in [0.05, 0.1) is 11.4 Å². The summed E-state index contributed by atoms with van der Waals surface area (Å²) in [6.45, 7) is 3.97. The fraction of sp³-hybridized carbons (Fsp3) is 0.308. The fourth-order valence-corrected chi connectivity index (χ4v) is 2.59. The lowest BCUT2D eigenvalue weighted by atomic mass is 10.2. The Balaban J connectivity index is 2.20. The Hall–Kier alpha value is -1.75. The van der Waals surface area contributed by atoms with Crippen molar-refractivity contribution in [1.29, 1.82) is 0 Å². The van der Waals surface area contributed by atoms with Gasteiger partial charge in [0.25, 0.3) is 0 Å². The molecule has 18 heavy (non-hydrogen) atoms. The third kappa shape index (κ3) is 2.73. The largest absolute Gasteiger partial charge is 0.351 e. The van der Waals surface area contributed by atoms with Crippen LogP contribution in [0.2, 0.25) is 0 Å². The summed E-state index contributed by atoms with van der Waals surface area (Å²) in [5.74, 6) is 0.820. The van der Waals surface area contributed by atoms with Crippen molar-refractivity contribution in [3.05, 3.63) is 29.1 Å². The van der Waals surface area contributed by atoms with E-state index in [9.17, 15) is 4.79 Å². The molecule has 0 aromatic carbocycles. The zero-order valence-corrected chi connectivity index (χ0v) is 11.5. The van der Waals surface area contributed by atoms with Crippen molar-refractivity contribution in [3.63, 3.8) is 0 Å². The lowest BCUT2D eigenvalue weighted by Gasteiger charge is -2.15. The third-order valence-electron chi connectivity index (χ3n) is 2.60. The number of Topliss-reactive ketones (excluding diaryl/α,β-unsaturated/α-hetero) is 1. The molecule has 0 N–H and O–H groups in total. The monoisotopic (exact) mass is 261 g/mol. The Bertz CT molecular complexity index is 548. The lowest BCUT2D eigenvalue weighted by molar-refractivity contribution is -0.115. The second-order valence-electron chi connectivity index (χ2n) is 4.27. The summed E-state index contributed by atoms with van der Waals surface area (Å²) < 4.78 is 0. The summed E-state index contributed by atoms with van der Waals surface area (Å²) in [4.78, 5) is 14.0. The number of rotatable bonds is 4. The zero-order chi connectivity index (χ0) is 13.1. The molecule has 2 aromatic heterocycles. The SMILES string of the molecule is CC(=O)CN(C)c1ccc(-c2sccc2C)nn1. The molecule has 2 heterocycles. The Morgan fingerprint density at radius 2 is 2.11 bits per heavy atom. The average Bonchev–Trinajstić information content (AvgIpc) is 2.75. The van der Waals surface area contributed by atoms with Crippen LogP contribution in [0.15, 0.2) is 23.6 Å². The minimum absolute atomic E-state index is 0.109. The maximum Gasteiger partial charge on any atom is 0.151 e. The van der Waals surface area contributed by atoms with Crippen LogP contribution in [0.5, 0.6) is 0 Å². The van der Waals surface area contributed by atoms with Crippen molar-refractivity contribution >= 4 is 22.9 Å². The first-order valence-electron chi connectivity index (χ1n) is 5.66. The molecule has 0 aliphatic carbocycles. The molecular weight excluding hydrogens is 246 g/mol. The summed E-state index contributed by atoms with van der Waals surface area (Å²) >= 11 is 1.66. The van der Waals surface area contributed by atoms with Crippen LogP contribution < -0.4 is 4.90 Å². The van der Waals surface area contributed by atoms with E-state index in [1.54, 1.807) is 23.2 Å². The van der Waals surface area contributed by atoms with Crippen LogP contribution in [0, 0.1) is 6.92 Å². The van der Waals surface area contributed by atoms with Crippen molar-refractivity contribution in [2.24, 2.45) is 0 Å². The highest BCUT2D eigenvalue weighted by Crippen LogP contribution is 2.27.